The third kappa shape index (κ3) is 3.72. The number of benzene rings is 1. The van der Waals surface area contributed by atoms with E-state index >= 15 is 0 Å². The second-order valence-electron chi connectivity index (χ2n) is 4.66. The lowest BCUT2D eigenvalue weighted by Gasteiger charge is -2.12. The first kappa shape index (κ1) is 14.8. The molecule has 20 heavy (non-hydrogen) atoms. The number of hydrogen-bond donors (Lipinski definition) is 2. The van der Waals surface area contributed by atoms with Crippen molar-refractivity contribution in [3.63, 3.8) is 0 Å². The molecule has 1 aliphatic heterocycles. The van der Waals surface area contributed by atoms with Gasteiger partial charge in [-0.1, -0.05) is 15.9 Å². The van der Waals surface area contributed by atoms with Crippen LogP contribution in [0.2, 0.25) is 0 Å². The Labute approximate surface area is 126 Å². The molecule has 0 radical (unpaired) electrons. The molecule has 5 nitrogen and oxygen atoms in total. The molecule has 108 valence electrons. The predicted octanol–water partition coefficient (Wildman–Crippen LogP) is 1.39. The Kier molecular flexibility index (Phi) is 5.00. The number of rotatable bonds is 5. The third-order valence-electron chi connectivity index (χ3n) is 3.25. The largest absolute Gasteiger partial charge is 0.496 e. The average Bonchev–Trinajstić information content (AvgIpc) is 2.86. The van der Waals surface area contributed by atoms with Crippen LogP contribution in [0.25, 0.3) is 0 Å². The van der Waals surface area contributed by atoms with Gasteiger partial charge < -0.3 is 15.4 Å². The third-order valence-corrected chi connectivity index (χ3v) is 3.74. The zero-order valence-electron chi connectivity index (χ0n) is 11.2. The Morgan fingerprint density at radius 3 is 3.00 bits per heavy atom. The van der Waals surface area contributed by atoms with Gasteiger partial charge in [0.1, 0.15) is 11.8 Å². The van der Waals surface area contributed by atoms with Gasteiger partial charge in [-0.15, -0.1) is 0 Å². The Bertz CT molecular complexity index is 519. The molecule has 1 aliphatic rings. The minimum absolute atomic E-state index is 0.0567. The van der Waals surface area contributed by atoms with Gasteiger partial charge in [0.05, 0.1) is 7.11 Å². The van der Waals surface area contributed by atoms with Crippen LogP contribution in [0.3, 0.4) is 0 Å². The molecule has 1 unspecified atom stereocenters. The number of halogens is 1. The summed E-state index contributed by atoms with van der Waals surface area (Å²) in [7, 11) is 1.62. The number of nitrogens with one attached hydrogen (secondary N) is 2. The van der Waals surface area contributed by atoms with Crippen molar-refractivity contribution in [2.24, 2.45) is 0 Å². The van der Waals surface area contributed by atoms with E-state index in [4.69, 9.17) is 4.74 Å². The molecule has 0 aromatic heterocycles. The topological polar surface area (TPSA) is 67.4 Å². The van der Waals surface area contributed by atoms with Crippen LogP contribution in [-0.4, -0.2) is 31.5 Å². The number of ether oxygens (including phenoxy) is 1. The number of methoxy groups -OCH3 is 1. The molecule has 1 fully saturated rings. The summed E-state index contributed by atoms with van der Waals surface area (Å²) in [6.07, 6.45) is 1.68. The summed E-state index contributed by atoms with van der Waals surface area (Å²) in [5.41, 5.74) is 1.03. The fraction of sp³-hybridized carbons (Fsp3) is 0.429. The zero-order valence-corrected chi connectivity index (χ0v) is 12.8. The second-order valence-corrected chi connectivity index (χ2v) is 5.57. The highest BCUT2D eigenvalue weighted by Gasteiger charge is 2.26. The fourth-order valence-corrected chi connectivity index (χ4v) is 2.61. The van der Waals surface area contributed by atoms with E-state index in [1.165, 1.54) is 0 Å². The Balaban J connectivity index is 1.85. The molecule has 2 amide bonds. The highest BCUT2D eigenvalue weighted by Crippen LogP contribution is 2.23. The maximum absolute atomic E-state index is 11.8. The molecule has 2 N–H and O–H groups in total. The maximum Gasteiger partial charge on any atom is 0.242 e. The van der Waals surface area contributed by atoms with Crippen molar-refractivity contribution in [3.05, 3.63) is 28.2 Å². The van der Waals surface area contributed by atoms with Crippen molar-refractivity contribution in [1.29, 1.82) is 0 Å². The summed E-state index contributed by atoms with van der Waals surface area (Å²) in [5.74, 6) is 0.625. The van der Waals surface area contributed by atoms with Gasteiger partial charge in [-0.05, 0) is 36.6 Å². The van der Waals surface area contributed by atoms with E-state index < -0.39 is 0 Å². The molecule has 0 spiro atoms. The van der Waals surface area contributed by atoms with Crippen molar-refractivity contribution in [1.82, 2.24) is 10.6 Å². The van der Waals surface area contributed by atoms with E-state index in [9.17, 15) is 9.59 Å². The van der Waals surface area contributed by atoms with Gasteiger partial charge in [0, 0.05) is 17.4 Å². The SMILES string of the molecule is COc1ccc(Br)cc1CCNC(=O)C1CCC(=O)N1. The number of carbonyl (C=O) groups excluding carboxylic acids is 2. The molecular weight excluding hydrogens is 324 g/mol. The molecule has 1 heterocycles. The maximum atomic E-state index is 11.8. The molecule has 0 aliphatic carbocycles. The van der Waals surface area contributed by atoms with Gasteiger partial charge >= 0.3 is 0 Å². The van der Waals surface area contributed by atoms with Crippen LogP contribution in [0.4, 0.5) is 0 Å². The van der Waals surface area contributed by atoms with E-state index in [1.807, 2.05) is 18.2 Å². The van der Waals surface area contributed by atoms with Crippen molar-refractivity contribution in [2.45, 2.75) is 25.3 Å². The van der Waals surface area contributed by atoms with Gasteiger partial charge in [0.2, 0.25) is 11.8 Å². The Hall–Kier alpha value is -1.56. The standard InChI is InChI=1S/C14H17BrN2O3/c1-20-12-4-2-10(15)8-9(12)6-7-16-14(19)11-3-5-13(18)17-11/h2,4,8,11H,3,5-7H2,1H3,(H,16,19)(H,17,18). The highest BCUT2D eigenvalue weighted by molar-refractivity contribution is 9.10. The van der Waals surface area contributed by atoms with E-state index in [-0.39, 0.29) is 17.9 Å². The van der Waals surface area contributed by atoms with Crippen molar-refractivity contribution < 1.29 is 14.3 Å². The van der Waals surface area contributed by atoms with Crippen LogP contribution in [0.5, 0.6) is 5.75 Å². The lowest BCUT2D eigenvalue weighted by molar-refractivity contribution is -0.125. The van der Waals surface area contributed by atoms with Crippen molar-refractivity contribution >= 4 is 27.7 Å². The molecular formula is C14H17BrN2O3. The molecule has 6 heteroatoms. The normalized spacial score (nSPS) is 17.7. The fourth-order valence-electron chi connectivity index (χ4n) is 2.20. The molecule has 1 saturated heterocycles. The summed E-state index contributed by atoms with van der Waals surface area (Å²) >= 11 is 3.42. The minimum atomic E-state index is -0.382. The summed E-state index contributed by atoms with van der Waals surface area (Å²) in [4.78, 5) is 22.9. The van der Waals surface area contributed by atoms with Gasteiger partial charge in [-0.3, -0.25) is 9.59 Å². The predicted molar refractivity (Wildman–Crippen MR) is 78.6 cm³/mol. The van der Waals surface area contributed by atoms with Crippen LogP contribution in [0, 0.1) is 0 Å². The van der Waals surface area contributed by atoms with Crippen LogP contribution in [-0.2, 0) is 16.0 Å². The summed E-state index contributed by atoms with van der Waals surface area (Å²) < 4.78 is 6.26. The molecule has 1 aromatic carbocycles. The summed E-state index contributed by atoms with van der Waals surface area (Å²) in [6.45, 7) is 0.512. The lowest BCUT2D eigenvalue weighted by Crippen LogP contribution is -2.42. The van der Waals surface area contributed by atoms with Crippen molar-refractivity contribution in [3.8, 4) is 5.75 Å². The molecule has 0 bridgehead atoms. The first-order chi connectivity index (χ1) is 9.60. The van der Waals surface area contributed by atoms with Gasteiger partial charge in [-0.25, -0.2) is 0 Å². The van der Waals surface area contributed by atoms with Gasteiger partial charge in [-0.2, -0.15) is 0 Å². The highest BCUT2D eigenvalue weighted by atomic mass is 79.9. The van der Waals surface area contributed by atoms with Crippen LogP contribution in [0.15, 0.2) is 22.7 Å². The Morgan fingerprint density at radius 2 is 2.35 bits per heavy atom. The number of carbonyl (C=O) groups is 2. The lowest BCUT2D eigenvalue weighted by atomic mass is 10.1. The summed E-state index contributed by atoms with van der Waals surface area (Å²) in [6, 6.07) is 5.39. The molecule has 1 atom stereocenters. The van der Waals surface area contributed by atoms with Crippen LogP contribution < -0.4 is 15.4 Å². The summed E-state index contributed by atoms with van der Waals surface area (Å²) in [5, 5.41) is 5.49. The van der Waals surface area contributed by atoms with E-state index in [0.717, 1.165) is 15.8 Å². The first-order valence-corrected chi connectivity index (χ1v) is 7.29. The molecule has 1 aromatic rings. The monoisotopic (exact) mass is 340 g/mol. The second kappa shape index (κ2) is 6.74. The number of amides is 2. The van der Waals surface area contributed by atoms with E-state index in [1.54, 1.807) is 7.11 Å². The van der Waals surface area contributed by atoms with Crippen LogP contribution in [0.1, 0.15) is 18.4 Å². The van der Waals surface area contributed by atoms with Gasteiger partial charge in [0.25, 0.3) is 0 Å². The number of hydrogen-bond acceptors (Lipinski definition) is 3. The quantitative estimate of drug-likeness (QED) is 0.851. The molecule has 2 rings (SSSR count). The van der Waals surface area contributed by atoms with E-state index in [2.05, 4.69) is 26.6 Å². The van der Waals surface area contributed by atoms with Crippen LogP contribution >= 0.6 is 15.9 Å². The molecule has 0 saturated carbocycles. The van der Waals surface area contributed by atoms with E-state index in [0.29, 0.717) is 25.8 Å². The van der Waals surface area contributed by atoms with Crippen molar-refractivity contribution in [2.75, 3.05) is 13.7 Å². The Morgan fingerprint density at radius 1 is 1.55 bits per heavy atom. The smallest absolute Gasteiger partial charge is 0.242 e. The van der Waals surface area contributed by atoms with Gasteiger partial charge in [0.15, 0.2) is 0 Å². The average molecular weight is 341 g/mol. The first-order valence-electron chi connectivity index (χ1n) is 6.49. The minimum Gasteiger partial charge on any atom is -0.496 e. The zero-order chi connectivity index (χ0) is 14.5.